The maximum atomic E-state index is 6.09. The zero-order chi connectivity index (χ0) is 18.6. The molecule has 8 heteroatoms. The van der Waals surface area contributed by atoms with Crippen molar-refractivity contribution in [2.24, 2.45) is 4.99 Å². The number of ether oxygens (including phenoxy) is 1. The highest BCUT2D eigenvalue weighted by Gasteiger charge is 2.41. The van der Waals surface area contributed by atoms with E-state index in [4.69, 9.17) is 4.74 Å². The summed E-state index contributed by atoms with van der Waals surface area (Å²) in [6.07, 6.45) is 0.242. The Morgan fingerprint density at radius 2 is 2.14 bits per heavy atom. The smallest absolute Gasteiger partial charge is 0.194 e. The van der Waals surface area contributed by atoms with Crippen molar-refractivity contribution in [3.63, 3.8) is 0 Å². The van der Waals surface area contributed by atoms with Gasteiger partial charge in [-0.1, -0.05) is 30.3 Å². The predicted octanol–water partition coefficient (Wildman–Crippen LogP) is 2.73. The summed E-state index contributed by atoms with van der Waals surface area (Å²) in [7, 11) is 1.85. The lowest BCUT2D eigenvalue weighted by molar-refractivity contribution is -0.0502. The Hall–Kier alpha value is -1.23. The van der Waals surface area contributed by atoms with Gasteiger partial charge in [0.05, 0.1) is 36.5 Å². The van der Waals surface area contributed by atoms with Gasteiger partial charge in [0.2, 0.25) is 0 Å². The van der Waals surface area contributed by atoms with Gasteiger partial charge in [-0.05, 0) is 12.5 Å². The molecular weight excluding hydrogens is 485 g/mol. The van der Waals surface area contributed by atoms with E-state index in [9.17, 15) is 0 Å². The molecule has 4 rings (SSSR count). The molecule has 0 spiro atoms. The first-order valence-corrected chi connectivity index (χ1v) is 10.4. The normalized spacial score (nSPS) is 22.6. The number of halogens is 1. The second kappa shape index (κ2) is 10.00. The van der Waals surface area contributed by atoms with Gasteiger partial charge in [-0.15, -0.1) is 35.3 Å². The van der Waals surface area contributed by atoms with Gasteiger partial charge in [-0.3, -0.25) is 9.89 Å². The third kappa shape index (κ3) is 4.84. The van der Waals surface area contributed by atoms with E-state index in [0.29, 0.717) is 6.04 Å². The molecule has 0 saturated carbocycles. The number of benzene rings is 1. The number of rotatable bonds is 4. The second-order valence-electron chi connectivity index (χ2n) is 7.10. The number of morpholine rings is 1. The lowest BCUT2D eigenvalue weighted by Crippen LogP contribution is -2.50. The van der Waals surface area contributed by atoms with Crippen LogP contribution < -0.4 is 5.32 Å². The molecule has 2 atom stereocenters. The van der Waals surface area contributed by atoms with E-state index in [-0.39, 0.29) is 30.1 Å². The summed E-state index contributed by atoms with van der Waals surface area (Å²) in [6, 6.07) is 11.1. The van der Waals surface area contributed by atoms with E-state index in [1.165, 1.54) is 10.4 Å². The molecule has 2 aliphatic rings. The van der Waals surface area contributed by atoms with Crippen molar-refractivity contribution < 1.29 is 4.74 Å². The van der Waals surface area contributed by atoms with Gasteiger partial charge >= 0.3 is 0 Å². The van der Waals surface area contributed by atoms with Crippen molar-refractivity contribution in [1.29, 1.82) is 0 Å². The zero-order valence-corrected chi connectivity index (χ0v) is 19.5. The third-order valence-corrected chi connectivity index (χ3v) is 6.34. The van der Waals surface area contributed by atoms with Crippen molar-refractivity contribution >= 4 is 41.3 Å². The minimum absolute atomic E-state index is 0. The van der Waals surface area contributed by atoms with Gasteiger partial charge < -0.3 is 15.0 Å². The summed E-state index contributed by atoms with van der Waals surface area (Å²) in [6.45, 7) is 7.41. The fourth-order valence-electron chi connectivity index (χ4n) is 3.93. The van der Waals surface area contributed by atoms with E-state index in [0.717, 1.165) is 51.0 Å². The summed E-state index contributed by atoms with van der Waals surface area (Å²) >= 11 is 1.69. The number of aryl methyl sites for hydroxylation is 1. The number of nitrogens with one attached hydrogen (secondary N) is 1. The average Bonchev–Trinajstić information content (AvgIpc) is 3.30. The first kappa shape index (κ1) is 21.5. The van der Waals surface area contributed by atoms with Crippen LogP contribution in [0.2, 0.25) is 0 Å². The molecule has 0 amide bonds. The molecule has 28 heavy (non-hydrogen) atoms. The van der Waals surface area contributed by atoms with Crippen LogP contribution in [-0.2, 0) is 17.8 Å². The Bertz CT molecular complexity index is 784. The number of hydrogen-bond acceptors (Lipinski definition) is 5. The minimum Gasteiger partial charge on any atom is -0.373 e. The van der Waals surface area contributed by atoms with Crippen molar-refractivity contribution in [3.05, 3.63) is 52.0 Å². The molecule has 2 aromatic rings. The molecule has 0 bridgehead atoms. The number of aromatic nitrogens is 1. The van der Waals surface area contributed by atoms with E-state index in [1.54, 1.807) is 11.3 Å². The Balaban J connectivity index is 0.00000225. The number of likely N-dealkylation sites (tertiary alicyclic amines) is 1. The van der Waals surface area contributed by atoms with Gasteiger partial charge in [0, 0.05) is 38.1 Å². The molecule has 0 radical (unpaired) electrons. The highest BCUT2D eigenvalue weighted by Crippen LogP contribution is 2.25. The summed E-state index contributed by atoms with van der Waals surface area (Å²) in [4.78, 5) is 15.0. The Labute approximate surface area is 188 Å². The molecule has 2 fully saturated rings. The monoisotopic (exact) mass is 513 g/mol. The summed E-state index contributed by atoms with van der Waals surface area (Å²) in [5, 5.41) is 3.50. The maximum absolute atomic E-state index is 6.09. The largest absolute Gasteiger partial charge is 0.373 e. The van der Waals surface area contributed by atoms with E-state index in [1.807, 2.05) is 12.6 Å². The first-order chi connectivity index (χ1) is 13.2. The van der Waals surface area contributed by atoms with Crippen LogP contribution in [0.15, 0.2) is 40.8 Å². The molecular formula is C20H28IN5OS. The van der Waals surface area contributed by atoms with E-state index in [2.05, 4.69) is 62.3 Å². The van der Waals surface area contributed by atoms with Gasteiger partial charge in [0.1, 0.15) is 0 Å². The highest BCUT2D eigenvalue weighted by atomic mass is 127. The van der Waals surface area contributed by atoms with Crippen molar-refractivity contribution in [2.75, 3.05) is 33.3 Å². The van der Waals surface area contributed by atoms with E-state index < -0.39 is 0 Å². The lowest BCUT2D eigenvalue weighted by Gasteiger charge is -2.36. The minimum atomic E-state index is 0. The van der Waals surface area contributed by atoms with Crippen LogP contribution in [0.5, 0.6) is 0 Å². The molecule has 2 aliphatic heterocycles. The number of aliphatic imine (C=N–C) groups is 1. The van der Waals surface area contributed by atoms with Crippen LogP contribution in [0.1, 0.15) is 16.1 Å². The van der Waals surface area contributed by atoms with Crippen LogP contribution in [0.3, 0.4) is 0 Å². The molecule has 2 saturated heterocycles. The molecule has 1 aromatic carbocycles. The van der Waals surface area contributed by atoms with Crippen LogP contribution in [0, 0.1) is 6.92 Å². The maximum Gasteiger partial charge on any atom is 0.194 e. The van der Waals surface area contributed by atoms with Crippen molar-refractivity contribution in [2.45, 2.75) is 32.2 Å². The van der Waals surface area contributed by atoms with Crippen LogP contribution in [-0.4, -0.2) is 66.2 Å². The number of nitrogens with zero attached hydrogens (tertiary/aromatic N) is 4. The number of fused-ring (bicyclic) bond motifs is 1. The van der Waals surface area contributed by atoms with Gasteiger partial charge in [0.15, 0.2) is 5.96 Å². The third-order valence-electron chi connectivity index (χ3n) is 5.41. The number of hydrogen-bond donors (Lipinski definition) is 1. The topological polar surface area (TPSA) is 53.0 Å². The molecule has 1 N–H and O–H groups in total. The SMILES string of the molecule is CN=C(NCc1scnc1C)N1CC2OCCN(Cc3ccccc3)C2C1.I. The summed E-state index contributed by atoms with van der Waals surface area (Å²) in [5.74, 6) is 0.945. The molecule has 0 aliphatic carbocycles. The van der Waals surface area contributed by atoms with Gasteiger partial charge in [-0.25, -0.2) is 4.98 Å². The second-order valence-corrected chi connectivity index (χ2v) is 8.04. The average molecular weight is 513 g/mol. The Kier molecular flexibility index (Phi) is 7.67. The zero-order valence-electron chi connectivity index (χ0n) is 16.4. The molecule has 3 heterocycles. The van der Waals surface area contributed by atoms with E-state index >= 15 is 0 Å². The lowest BCUT2D eigenvalue weighted by atomic mass is 10.1. The fourth-order valence-corrected chi connectivity index (χ4v) is 4.65. The molecule has 2 unspecified atom stereocenters. The van der Waals surface area contributed by atoms with Crippen molar-refractivity contribution in [1.82, 2.24) is 20.1 Å². The summed E-state index contributed by atoms with van der Waals surface area (Å²) in [5.41, 5.74) is 4.35. The highest BCUT2D eigenvalue weighted by molar-refractivity contribution is 14.0. The molecule has 6 nitrogen and oxygen atoms in total. The quantitative estimate of drug-likeness (QED) is 0.387. The van der Waals surface area contributed by atoms with Gasteiger partial charge in [-0.2, -0.15) is 0 Å². The van der Waals surface area contributed by atoms with Crippen molar-refractivity contribution in [3.8, 4) is 0 Å². The Morgan fingerprint density at radius 1 is 1.32 bits per heavy atom. The summed E-state index contributed by atoms with van der Waals surface area (Å²) < 4.78 is 6.09. The standard InChI is InChI=1S/C20H27N5OS.HI/c1-15-19(27-14-23-15)10-22-20(21-2)25-12-17-18(13-25)26-9-8-24(17)11-16-6-4-3-5-7-16;/h3-7,14,17-18H,8-13H2,1-2H3,(H,21,22);1H. The number of guanidine groups is 1. The molecule has 1 aromatic heterocycles. The number of thiazole rings is 1. The predicted molar refractivity (Wildman–Crippen MR) is 124 cm³/mol. The van der Waals surface area contributed by atoms with Gasteiger partial charge in [0.25, 0.3) is 0 Å². The van der Waals surface area contributed by atoms with Crippen LogP contribution >= 0.6 is 35.3 Å². The van der Waals surface area contributed by atoms with Crippen LogP contribution in [0.4, 0.5) is 0 Å². The fraction of sp³-hybridized carbons (Fsp3) is 0.500. The first-order valence-electron chi connectivity index (χ1n) is 9.48. The molecule has 152 valence electrons. The van der Waals surface area contributed by atoms with Crippen LogP contribution in [0.25, 0.3) is 0 Å². The Morgan fingerprint density at radius 3 is 2.86 bits per heavy atom.